The van der Waals surface area contributed by atoms with Crippen LogP contribution in [0.1, 0.15) is 53.3 Å². The lowest BCUT2D eigenvalue weighted by atomic mass is 10.0. The molecule has 0 saturated carbocycles. The van der Waals surface area contributed by atoms with Gasteiger partial charge in [-0.15, -0.1) is 0 Å². The largest absolute Gasteiger partial charge is 0.357 e. The Morgan fingerprint density at radius 3 is 2.50 bits per heavy atom. The molecule has 1 saturated heterocycles. The molecular weight excluding hydrogens is 324 g/mol. The van der Waals surface area contributed by atoms with Gasteiger partial charge in [0, 0.05) is 51.2 Å². The second-order valence-corrected chi connectivity index (χ2v) is 8.20. The standard InChI is InChI=1S/C20H38N6/c1-6-21-20(23-13-19-22-9-12-26(19)15-17(4)5)24-18-7-10-25(11-8-18)14-16(2)3/h9,12,16-18H,6-8,10-11,13-15H2,1-5H3,(H2,21,23,24). The van der Waals surface area contributed by atoms with E-state index in [-0.39, 0.29) is 0 Å². The summed E-state index contributed by atoms with van der Waals surface area (Å²) >= 11 is 0. The maximum absolute atomic E-state index is 4.78. The second kappa shape index (κ2) is 10.6. The van der Waals surface area contributed by atoms with Crippen molar-refractivity contribution in [3.63, 3.8) is 0 Å². The Morgan fingerprint density at radius 2 is 1.88 bits per heavy atom. The van der Waals surface area contributed by atoms with Gasteiger partial charge in [-0.1, -0.05) is 27.7 Å². The molecule has 6 heteroatoms. The first kappa shape index (κ1) is 20.7. The van der Waals surface area contributed by atoms with Crippen molar-refractivity contribution in [2.24, 2.45) is 16.8 Å². The molecule has 0 aliphatic carbocycles. The molecule has 0 atom stereocenters. The summed E-state index contributed by atoms with van der Waals surface area (Å²) < 4.78 is 2.21. The molecule has 0 unspecified atom stereocenters. The van der Waals surface area contributed by atoms with Crippen molar-refractivity contribution in [1.29, 1.82) is 0 Å². The molecule has 1 aliphatic rings. The minimum atomic E-state index is 0.506. The third-order valence-electron chi connectivity index (χ3n) is 4.64. The van der Waals surface area contributed by atoms with Crippen molar-refractivity contribution in [3.8, 4) is 0 Å². The molecule has 1 aliphatic heterocycles. The van der Waals surface area contributed by atoms with Gasteiger partial charge in [0.25, 0.3) is 0 Å². The Labute approximate surface area is 159 Å². The zero-order valence-corrected chi connectivity index (χ0v) is 17.3. The number of nitrogens with zero attached hydrogens (tertiary/aromatic N) is 4. The number of hydrogen-bond acceptors (Lipinski definition) is 3. The van der Waals surface area contributed by atoms with Gasteiger partial charge in [0.15, 0.2) is 5.96 Å². The lowest BCUT2D eigenvalue weighted by Crippen LogP contribution is -2.49. The summed E-state index contributed by atoms with van der Waals surface area (Å²) in [5, 5.41) is 7.01. The van der Waals surface area contributed by atoms with Crippen LogP contribution in [0.2, 0.25) is 0 Å². The van der Waals surface area contributed by atoms with Crippen LogP contribution in [0.3, 0.4) is 0 Å². The second-order valence-electron chi connectivity index (χ2n) is 8.20. The summed E-state index contributed by atoms with van der Waals surface area (Å²) in [7, 11) is 0. The first-order chi connectivity index (χ1) is 12.5. The first-order valence-electron chi connectivity index (χ1n) is 10.2. The fourth-order valence-electron chi connectivity index (χ4n) is 3.49. The predicted molar refractivity (Wildman–Crippen MR) is 109 cm³/mol. The fraction of sp³-hybridized carbons (Fsp3) is 0.800. The number of rotatable bonds is 8. The molecule has 0 radical (unpaired) electrons. The summed E-state index contributed by atoms with van der Waals surface area (Å²) in [4.78, 5) is 11.8. The third kappa shape index (κ3) is 6.98. The van der Waals surface area contributed by atoms with Crippen molar-refractivity contribution < 1.29 is 0 Å². The quantitative estimate of drug-likeness (QED) is 0.551. The lowest BCUT2D eigenvalue weighted by molar-refractivity contribution is 0.187. The summed E-state index contributed by atoms with van der Waals surface area (Å²) in [6.45, 7) is 17.2. The van der Waals surface area contributed by atoms with Crippen molar-refractivity contribution in [2.75, 3.05) is 26.2 Å². The van der Waals surface area contributed by atoms with Gasteiger partial charge in [0.05, 0.1) is 0 Å². The molecule has 0 aromatic carbocycles. The summed E-state index contributed by atoms with van der Waals surface area (Å²) in [5.74, 6) is 3.29. The third-order valence-corrected chi connectivity index (χ3v) is 4.64. The average molecular weight is 363 g/mol. The van der Waals surface area contributed by atoms with E-state index in [9.17, 15) is 0 Å². The normalized spacial score (nSPS) is 17.3. The number of nitrogens with one attached hydrogen (secondary N) is 2. The van der Waals surface area contributed by atoms with Crippen LogP contribution in [0.4, 0.5) is 0 Å². The van der Waals surface area contributed by atoms with Crippen LogP contribution in [0.5, 0.6) is 0 Å². The van der Waals surface area contributed by atoms with Gasteiger partial charge in [-0.2, -0.15) is 0 Å². The number of hydrogen-bond donors (Lipinski definition) is 2. The first-order valence-corrected chi connectivity index (χ1v) is 10.2. The highest BCUT2D eigenvalue weighted by Gasteiger charge is 2.20. The van der Waals surface area contributed by atoms with Crippen LogP contribution in [0.15, 0.2) is 17.4 Å². The Hall–Kier alpha value is -1.56. The Bertz CT molecular complexity index is 540. The highest BCUT2D eigenvalue weighted by Crippen LogP contribution is 2.12. The number of aromatic nitrogens is 2. The van der Waals surface area contributed by atoms with E-state index in [1.807, 2.05) is 6.20 Å². The van der Waals surface area contributed by atoms with E-state index in [1.165, 1.54) is 32.5 Å². The molecule has 0 bridgehead atoms. The number of imidazole rings is 1. The molecule has 0 spiro atoms. The van der Waals surface area contributed by atoms with Gasteiger partial charge in [0.2, 0.25) is 0 Å². The summed E-state index contributed by atoms with van der Waals surface area (Å²) in [5.41, 5.74) is 0. The maximum atomic E-state index is 4.78. The fourth-order valence-corrected chi connectivity index (χ4v) is 3.49. The topological polar surface area (TPSA) is 57.5 Å². The van der Waals surface area contributed by atoms with Crippen LogP contribution in [-0.4, -0.2) is 52.6 Å². The van der Waals surface area contributed by atoms with E-state index >= 15 is 0 Å². The van der Waals surface area contributed by atoms with E-state index in [2.05, 4.69) is 65.9 Å². The van der Waals surface area contributed by atoms with Gasteiger partial charge < -0.3 is 20.1 Å². The average Bonchev–Trinajstić information content (AvgIpc) is 3.00. The molecule has 1 aromatic rings. The molecule has 26 heavy (non-hydrogen) atoms. The van der Waals surface area contributed by atoms with E-state index in [0.717, 1.165) is 30.8 Å². The monoisotopic (exact) mass is 362 g/mol. The zero-order chi connectivity index (χ0) is 18.9. The highest BCUT2D eigenvalue weighted by molar-refractivity contribution is 5.80. The number of guanidine groups is 1. The summed E-state index contributed by atoms with van der Waals surface area (Å²) in [6.07, 6.45) is 6.28. The molecular formula is C20H38N6. The molecule has 2 rings (SSSR count). The van der Waals surface area contributed by atoms with Crippen molar-refractivity contribution in [2.45, 2.75) is 66.6 Å². The minimum absolute atomic E-state index is 0.506. The lowest BCUT2D eigenvalue weighted by Gasteiger charge is -2.34. The number of piperidine rings is 1. The van der Waals surface area contributed by atoms with E-state index in [4.69, 9.17) is 4.99 Å². The van der Waals surface area contributed by atoms with Crippen molar-refractivity contribution >= 4 is 5.96 Å². The highest BCUT2D eigenvalue weighted by atomic mass is 15.2. The minimum Gasteiger partial charge on any atom is -0.357 e. The van der Waals surface area contributed by atoms with Gasteiger partial charge >= 0.3 is 0 Å². The van der Waals surface area contributed by atoms with E-state index < -0.39 is 0 Å². The van der Waals surface area contributed by atoms with Crippen LogP contribution < -0.4 is 10.6 Å². The SMILES string of the molecule is CCNC(=NCc1nccn1CC(C)C)NC1CCN(CC(C)C)CC1. The number of aliphatic imine (C=N–C) groups is 1. The van der Waals surface area contributed by atoms with Crippen LogP contribution >= 0.6 is 0 Å². The van der Waals surface area contributed by atoms with Gasteiger partial charge in [-0.3, -0.25) is 0 Å². The van der Waals surface area contributed by atoms with Crippen molar-refractivity contribution in [3.05, 3.63) is 18.2 Å². The molecule has 1 fully saturated rings. The van der Waals surface area contributed by atoms with E-state index in [0.29, 0.717) is 18.5 Å². The number of likely N-dealkylation sites (tertiary alicyclic amines) is 1. The molecule has 6 nitrogen and oxygen atoms in total. The van der Waals surface area contributed by atoms with Crippen LogP contribution in [0, 0.1) is 11.8 Å². The smallest absolute Gasteiger partial charge is 0.191 e. The van der Waals surface area contributed by atoms with Crippen LogP contribution in [-0.2, 0) is 13.1 Å². The van der Waals surface area contributed by atoms with Gasteiger partial charge in [-0.25, -0.2) is 9.98 Å². The van der Waals surface area contributed by atoms with Crippen molar-refractivity contribution in [1.82, 2.24) is 25.1 Å². The molecule has 148 valence electrons. The van der Waals surface area contributed by atoms with Gasteiger partial charge in [-0.05, 0) is 31.6 Å². The maximum Gasteiger partial charge on any atom is 0.191 e. The zero-order valence-electron chi connectivity index (χ0n) is 17.3. The molecule has 1 aromatic heterocycles. The Balaban J connectivity index is 1.88. The molecule has 0 amide bonds. The molecule has 2 N–H and O–H groups in total. The van der Waals surface area contributed by atoms with E-state index in [1.54, 1.807) is 0 Å². The van der Waals surface area contributed by atoms with Crippen LogP contribution in [0.25, 0.3) is 0 Å². The van der Waals surface area contributed by atoms with Gasteiger partial charge in [0.1, 0.15) is 12.4 Å². The predicted octanol–water partition coefficient (Wildman–Crippen LogP) is 2.71. The Morgan fingerprint density at radius 1 is 1.19 bits per heavy atom. The molecule has 2 heterocycles. The summed E-state index contributed by atoms with van der Waals surface area (Å²) in [6, 6.07) is 0.506. The Kier molecular flexibility index (Phi) is 8.42.